The van der Waals surface area contributed by atoms with Gasteiger partial charge in [-0.25, -0.2) is 0 Å². The maximum Gasteiger partial charge on any atom is 0.416 e. The minimum atomic E-state index is -4.52. The molecule has 1 fully saturated rings. The van der Waals surface area contributed by atoms with Gasteiger partial charge in [-0.1, -0.05) is 24.4 Å². The Balaban J connectivity index is 2.12. The van der Waals surface area contributed by atoms with E-state index in [9.17, 15) is 23.1 Å². The van der Waals surface area contributed by atoms with Crippen LogP contribution in [0.15, 0.2) is 24.3 Å². The zero-order valence-electron chi connectivity index (χ0n) is 15.4. The second-order valence-electron chi connectivity index (χ2n) is 7.31. The molecule has 2 aromatic rings. The molecule has 1 aliphatic rings. The molecule has 1 aliphatic carbocycles. The Labute approximate surface area is 166 Å². The number of hydrogen-bond donors (Lipinski definition) is 2. The number of amides is 1. The zero-order valence-corrected chi connectivity index (χ0v) is 16.1. The zero-order chi connectivity index (χ0) is 20.6. The van der Waals surface area contributed by atoms with Crippen LogP contribution >= 0.6 is 11.6 Å². The minimum Gasteiger partial charge on any atom is -0.393 e. The van der Waals surface area contributed by atoms with E-state index in [2.05, 4.69) is 0 Å². The van der Waals surface area contributed by atoms with Crippen LogP contribution in [0.5, 0.6) is 0 Å². The summed E-state index contributed by atoms with van der Waals surface area (Å²) >= 11 is 6.22. The van der Waals surface area contributed by atoms with E-state index >= 15 is 0 Å². The van der Waals surface area contributed by atoms with Crippen molar-refractivity contribution in [1.29, 1.82) is 0 Å². The fourth-order valence-electron chi connectivity index (χ4n) is 3.89. The number of primary amides is 1. The lowest BCUT2D eigenvalue weighted by Crippen LogP contribution is -2.29. The highest BCUT2D eigenvalue weighted by Gasteiger charge is 2.32. The van der Waals surface area contributed by atoms with Gasteiger partial charge in [-0.15, -0.1) is 0 Å². The van der Waals surface area contributed by atoms with Gasteiger partial charge in [-0.05, 0) is 44.0 Å². The lowest BCUT2D eigenvalue weighted by molar-refractivity contribution is -0.137. The van der Waals surface area contributed by atoms with Gasteiger partial charge in [0.1, 0.15) is 0 Å². The molecule has 0 spiro atoms. The highest BCUT2D eigenvalue weighted by atomic mass is 35.5. The number of benzene rings is 1. The molecule has 1 aromatic carbocycles. The number of nitrogens with zero attached hydrogens (tertiary/aromatic N) is 1. The van der Waals surface area contributed by atoms with Crippen molar-refractivity contribution < 1.29 is 23.1 Å². The lowest BCUT2D eigenvalue weighted by atomic mass is 9.86. The van der Waals surface area contributed by atoms with Gasteiger partial charge in [-0.3, -0.25) is 4.79 Å². The van der Waals surface area contributed by atoms with Crippen LogP contribution in [0.3, 0.4) is 0 Å². The van der Waals surface area contributed by atoms with E-state index in [0.717, 1.165) is 31.4 Å². The van der Waals surface area contributed by atoms with Crippen LogP contribution < -0.4 is 5.73 Å². The lowest BCUT2D eigenvalue weighted by Gasteiger charge is -2.29. The predicted octanol–water partition coefficient (Wildman–Crippen LogP) is 4.79. The first-order chi connectivity index (χ1) is 13.1. The Bertz CT molecular complexity index is 892. The number of carbonyl (C=O) groups is 1. The highest BCUT2D eigenvalue weighted by Crippen LogP contribution is 2.38. The summed E-state index contributed by atoms with van der Waals surface area (Å²) < 4.78 is 41.3. The quantitative estimate of drug-likeness (QED) is 0.755. The third-order valence-corrected chi connectivity index (χ3v) is 5.82. The second kappa shape index (κ2) is 7.79. The molecule has 1 amide bonds. The summed E-state index contributed by atoms with van der Waals surface area (Å²) in [7, 11) is 0. The van der Waals surface area contributed by atoms with E-state index in [-0.39, 0.29) is 22.1 Å². The normalized spacial score (nSPS) is 20.4. The van der Waals surface area contributed by atoms with Crippen LogP contribution in [-0.4, -0.2) is 21.7 Å². The van der Waals surface area contributed by atoms with Crippen molar-refractivity contribution in [1.82, 2.24) is 4.57 Å². The SMILES string of the molecule is Cc1c(C(N)=O)cc(-c2cc(C(F)(F)F)ccc2Cl)n1CC1CCCCC1O. The van der Waals surface area contributed by atoms with E-state index in [4.69, 9.17) is 17.3 Å². The molecular formula is C20H22ClF3N2O2. The van der Waals surface area contributed by atoms with Crippen molar-refractivity contribution in [2.24, 2.45) is 11.7 Å². The smallest absolute Gasteiger partial charge is 0.393 e. The van der Waals surface area contributed by atoms with Crippen LogP contribution in [0.2, 0.25) is 5.02 Å². The number of carbonyl (C=O) groups excluding carboxylic acids is 1. The molecule has 4 nitrogen and oxygen atoms in total. The maximum absolute atomic E-state index is 13.2. The van der Waals surface area contributed by atoms with Gasteiger partial charge in [0.05, 0.1) is 22.9 Å². The molecular weight excluding hydrogens is 393 g/mol. The Morgan fingerprint density at radius 1 is 1.29 bits per heavy atom. The fraction of sp³-hybridized carbons (Fsp3) is 0.450. The molecule has 1 aromatic heterocycles. The standard InChI is InChI=1S/C20H22ClF3N2O2/c1-11-14(19(25)28)9-17(26(11)10-12-4-2-3-5-18(12)27)15-8-13(20(22,23)24)6-7-16(15)21/h6-9,12,18,27H,2-5,10H2,1H3,(H2,25,28). The number of rotatable bonds is 4. The van der Waals surface area contributed by atoms with E-state index < -0.39 is 23.8 Å². The van der Waals surface area contributed by atoms with Gasteiger partial charge >= 0.3 is 6.18 Å². The first-order valence-corrected chi connectivity index (χ1v) is 9.52. The molecule has 1 heterocycles. The van der Waals surface area contributed by atoms with Crippen LogP contribution in [-0.2, 0) is 12.7 Å². The number of aromatic nitrogens is 1. The summed E-state index contributed by atoms with van der Waals surface area (Å²) in [5.74, 6) is -0.714. The van der Waals surface area contributed by atoms with Crippen LogP contribution in [0.4, 0.5) is 13.2 Å². The summed E-state index contributed by atoms with van der Waals surface area (Å²) in [5, 5.41) is 10.5. The minimum absolute atomic E-state index is 0.0519. The molecule has 2 atom stereocenters. The second-order valence-corrected chi connectivity index (χ2v) is 7.71. The molecule has 28 heavy (non-hydrogen) atoms. The Kier molecular flexibility index (Phi) is 5.77. The largest absolute Gasteiger partial charge is 0.416 e. The van der Waals surface area contributed by atoms with Crippen molar-refractivity contribution >= 4 is 17.5 Å². The first kappa shape index (κ1) is 20.7. The summed E-state index contributed by atoms with van der Waals surface area (Å²) in [5.41, 5.74) is 5.98. The third-order valence-electron chi connectivity index (χ3n) is 5.49. The summed E-state index contributed by atoms with van der Waals surface area (Å²) in [6, 6.07) is 4.58. The van der Waals surface area contributed by atoms with Gasteiger partial charge in [0.15, 0.2) is 0 Å². The molecule has 3 rings (SSSR count). The number of hydrogen-bond acceptors (Lipinski definition) is 2. The van der Waals surface area contributed by atoms with Gasteiger partial charge in [0.25, 0.3) is 5.91 Å². The first-order valence-electron chi connectivity index (χ1n) is 9.14. The number of alkyl halides is 3. The van der Waals surface area contributed by atoms with Gasteiger partial charge < -0.3 is 15.4 Å². The number of halogens is 4. The van der Waals surface area contributed by atoms with E-state index in [1.165, 1.54) is 12.1 Å². The highest BCUT2D eigenvalue weighted by molar-refractivity contribution is 6.33. The van der Waals surface area contributed by atoms with Gasteiger partial charge in [0, 0.05) is 28.7 Å². The van der Waals surface area contributed by atoms with Crippen molar-refractivity contribution in [2.75, 3.05) is 0 Å². The van der Waals surface area contributed by atoms with E-state index in [1.54, 1.807) is 11.5 Å². The Morgan fingerprint density at radius 2 is 1.96 bits per heavy atom. The van der Waals surface area contributed by atoms with Crippen molar-refractivity contribution in [3.8, 4) is 11.3 Å². The van der Waals surface area contributed by atoms with Crippen molar-refractivity contribution in [3.05, 3.63) is 46.1 Å². The van der Waals surface area contributed by atoms with Crippen molar-refractivity contribution in [2.45, 2.75) is 51.4 Å². The van der Waals surface area contributed by atoms with Crippen LogP contribution in [0.1, 0.15) is 47.3 Å². The average molecular weight is 415 g/mol. The molecule has 0 bridgehead atoms. The average Bonchev–Trinajstić information content (AvgIpc) is 2.93. The summed E-state index contributed by atoms with van der Waals surface area (Å²) in [6.07, 6.45) is -1.59. The molecule has 1 saturated carbocycles. The number of aliphatic hydroxyl groups is 1. The van der Waals surface area contributed by atoms with Crippen LogP contribution in [0, 0.1) is 12.8 Å². The molecule has 2 unspecified atom stereocenters. The van der Waals surface area contributed by atoms with E-state index in [0.29, 0.717) is 24.4 Å². The fourth-order valence-corrected chi connectivity index (χ4v) is 4.10. The van der Waals surface area contributed by atoms with E-state index in [1.807, 2.05) is 0 Å². The molecule has 8 heteroatoms. The van der Waals surface area contributed by atoms with Crippen LogP contribution in [0.25, 0.3) is 11.3 Å². The van der Waals surface area contributed by atoms with Gasteiger partial charge in [0.2, 0.25) is 0 Å². The molecule has 3 N–H and O–H groups in total. The monoisotopic (exact) mass is 414 g/mol. The molecule has 0 radical (unpaired) electrons. The van der Waals surface area contributed by atoms with Gasteiger partial charge in [-0.2, -0.15) is 13.2 Å². The Hall–Kier alpha value is -1.99. The topological polar surface area (TPSA) is 68.2 Å². The number of aliphatic hydroxyl groups excluding tert-OH is 1. The Morgan fingerprint density at radius 3 is 2.57 bits per heavy atom. The summed E-state index contributed by atoms with van der Waals surface area (Å²) in [6.45, 7) is 2.07. The van der Waals surface area contributed by atoms with Crippen molar-refractivity contribution in [3.63, 3.8) is 0 Å². The number of nitrogens with two attached hydrogens (primary N) is 1. The molecule has 152 valence electrons. The predicted molar refractivity (Wildman–Crippen MR) is 101 cm³/mol. The maximum atomic E-state index is 13.2. The molecule has 0 saturated heterocycles. The molecule has 0 aliphatic heterocycles. The summed E-state index contributed by atoms with van der Waals surface area (Å²) in [4.78, 5) is 11.8. The third kappa shape index (κ3) is 4.05.